The van der Waals surface area contributed by atoms with Crippen LogP contribution in [0.5, 0.6) is 0 Å². The normalized spacial score (nSPS) is 10.8. The molecule has 6 heteroatoms. The first-order valence-electron chi connectivity index (χ1n) is 5.25. The van der Waals surface area contributed by atoms with Crippen LogP contribution in [0, 0.1) is 0 Å². The van der Waals surface area contributed by atoms with Crippen molar-refractivity contribution in [2.45, 2.75) is 19.9 Å². The number of carbonyl (C=O) groups is 1. The predicted molar refractivity (Wildman–Crippen MR) is 59.3 cm³/mol. The number of likely N-dealkylation sites (N-methyl/N-ethyl adjacent to an activating group) is 1. The largest absolute Gasteiger partial charge is 0.464 e. The third-order valence-corrected chi connectivity index (χ3v) is 2.31. The van der Waals surface area contributed by atoms with E-state index in [4.69, 9.17) is 0 Å². The van der Waals surface area contributed by atoms with E-state index >= 15 is 0 Å². The molecular weight excluding hydrogens is 208 g/mol. The molecule has 0 aliphatic carbocycles. The van der Waals surface area contributed by atoms with Crippen LogP contribution >= 0.6 is 0 Å². The van der Waals surface area contributed by atoms with Gasteiger partial charge >= 0.3 is 5.97 Å². The fourth-order valence-electron chi connectivity index (χ4n) is 1.41. The lowest BCUT2D eigenvalue weighted by Crippen LogP contribution is -2.20. The fourth-order valence-corrected chi connectivity index (χ4v) is 1.41. The van der Waals surface area contributed by atoms with Crippen LogP contribution in [0.15, 0.2) is 0 Å². The van der Waals surface area contributed by atoms with Crippen molar-refractivity contribution in [2.75, 3.05) is 27.7 Å². The molecule has 90 valence electrons. The van der Waals surface area contributed by atoms with Crippen molar-refractivity contribution in [2.24, 2.45) is 0 Å². The summed E-state index contributed by atoms with van der Waals surface area (Å²) in [6.07, 6.45) is 0.713. The van der Waals surface area contributed by atoms with Crippen molar-refractivity contribution in [3.05, 3.63) is 11.4 Å². The molecule has 0 bridgehead atoms. The molecule has 1 heterocycles. The summed E-state index contributed by atoms with van der Waals surface area (Å²) in [4.78, 5) is 13.5. The highest BCUT2D eigenvalue weighted by atomic mass is 16.5. The lowest BCUT2D eigenvalue weighted by molar-refractivity contribution is 0.0592. The highest BCUT2D eigenvalue weighted by Gasteiger charge is 2.18. The Morgan fingerprint density at radius 1 is 1.50 bits per heavy atom. The Bertz CT molecular complexity index is 360. The molecule has 0 spiro atoms. The fraction of sp³-hybridized carbons (Fsp3) is 0.700. The molecule has 0 aliphatic heterocycles. The van der Waals surface area contributed by atoms with Gasteiger partial charge in [-0.2, -0.15) is 0 Å². The zero-order valence-corrected chi connectivity index (χ0v) is 10.2. The van der Waals surface area contributed by atoms with Gasteiger partial charge in [0, 0.05) is 6.54 Å². The van der Waals surface area contributed by atoms with Gasteiger partial charge in [0.15, 0.2) is 5.69 Å². The number of hydrogen-bond donors (Lipinski definition) is 0. The van der Waals surface area contributed by atoms with Gasteiger partial charge < -0.3 is 9.64 Å². The first-order chi connectivity index (χ1) is 7.60. The number of hydrogen-bond acceptors (Lipinski definition) is 5. The van der Waals surface area contributed by atoms with Crippen molar-refractivity contribution < 1.29 is 9.53 Å². The maximum Gasteiger partial charge on any atom is 0.360 e. The monoisotopic (exact) mass is 226 g/mol. The van der Waals surface area contributed by atoms with Crippen LogP contribution in [-0.2, 0) is 17.7 Å². The number of methoxy groups -OCH3 is 1. The molecule has 0 fully saturated rings. The molecule has 0 amide bonds. The lowest BCUT2D eigenvalue weighted by Gasteiger charge is -2.10. The van der Waals surface area contributed by atoms with Crippen molar-refractivity contribution in [3.63, 3.8) is 0 Å². The van der Waals surface area contributed by atoms with Crippen molar-refractivity contribution in [1.82, 2.24) is 19.9 Å². The molecule has 0 aromatic carbocycles. The zero-order valence-electron chi connectivity index (χ0n) is 10.2. The van der Waals surface area contributed by atoms with E-state index in [1.807, 2.05) is 21.0 Å². The summed E-state index contributed by atoms with van der Waals surface area (Å²) in [5.74, 6) is -0.423. The van der Waals surface area contributed by atoms with E-state index in [0.29, 0.717) is 12.1 Å². The van der Waals surface area contributed by atoms with E-state index < -0.39 is 5.97 Å². The summed E-state index contributed by atoms with van der Waals surface area (Å²) in [6, 6.07) is 0. The standard InChI is InChI=1S/C10H18N4O2/c1-5-8-9(10(15)16-4)11-12-14(8)7-6-13(2)3/h5-7H2,1-4H3. The highest BCUT2D eigenvalue weighted by Crippen LogP contribution is 2.07. The molecule has 0 saturated heterocycles. The molecule has 1 rings (SSSR count). The summed E-state index contributed by atoms with van der Waals surface area (Å²) in [5, 5.41) is 7.82. The second-order valence-corrected chi connectivity index (χ2v) is 3.76. The number of nitrogens with zero attached hydrogens (tertiary/aromatic N) is 4. The minimum absolute atomic E-state index is 0.323. The quantitative estimate of drug-likeness (QED) is 0.671. The Morgan fingerprint density at radius 3 is 2.69 bits per heavy atom. The van der Waals surface area contributed by atoms with Gasteiger partial charge in [-0.3, -0.25) is 0 Å². The summed E-state index contributed by atoms with van der Waals surface area (Å²) in [7, 11) is 5.33. The van der Waals surface area contributed by atoms with E-state index in [2.05, 4.69) is 19.9 Å². The first kappa shape index (κ1) is 12.6. The van der Waals surface area contributed by atoms with Crippen molar-refractivity contribution >= 4 is 5.97 Å². The van der Waals surface area contributed by atoms with Crippen LogP contribution in [0.2, 0.25) is 0 Å². The Hall–Kier alpha value is -1.43. The van der Waals surface area contributed by atoms with Gasteiger partial charge in [-0.25, -0.2) is 9.48 Å². The Balaban J connectivity index is 2.86. The Morgan fingerprint density at radius 2 is 2.19 bits per heavy atom. The first-order valence-corrected chi connectivity index (χ1v) is 5.25. The molecule has 6 nitrogen and oxygen atoms in total. The molecule has 0 N–H and O–H groups in total. The van der Waals surface area contributed by atoms with Gasteiger partial charge in [0.1, 0.15) is 0 Å². The van der Waals surface area contributed by atoms with E-state index in [9.17, 15) is 4.79 Å². The summed E-state index contributed by atoms with van der Waals surface area (Å²) in [6.45, 7) is 3.55. The van der Waals surface area contributed by atoms with Crippen LogP contribution in [0.1, 0.15) is 23.1 Å². The molecule has 0 saturated carbocycles. The third-order valence-electron chi connectivity index (χ3n) is 2.31. The second-order valence-electron chi connectivity index (χ2n) is 3.76. The van der Waals surface area contributed by atoms with Crippen LogP contribution < -0.4 is 0 Å². The average Bonchev–Trinajstić information content (AvgIpc) is 2.67. The van der Waals surface area contributed by atoms with Gasteiger partial charge in [-0.1, -0.05) is 12.1 Å². The van der Waals surface area contributed by atoms with Crippen molar-refractivity contribution in [3.8, 4) is 0 Å². The molecule has 1 aromatic heterocycles. The van der Waals surface area contributed by atoms with Crippen LogP contribution in [0.25, 0.3) is 0 Å². The summed E-state index contributed by atoms with van der Waals surface area (Å²) >= 11 is 0. The number of esters is 1. The van der Waals surface area contributed by atoms with Crippen LogP contribution in [0.3, 0.4) is 0 Å². The van der Waals surface area contributed by atoms with Crippen LogP contribution in [0.4, 0.5) is 0 Å². The minimum atomic E-state index is -0.423. The highest BCUT2D eigenvalue weighted by molar-refractivity contribution is 5.88. The van der Waals surface area contributed by atoms with Gasteiger partial charge in [0.2, 0.25) is 0 Å². The zero-order chi connectivity index (χ0) is 12.1. The average molecular weight is 226 g/mol. The van der Waals surface area contributed by atoms with Gasteiger partial charge in [-0.05, 0) is 20.5 Å². The van der Waals surface area contributed by atoms with E-state index in [0.717, 1.165) is 18.8 Å². The molecule has 0 radical (unpaired) electrons. The van der Waals surface area contributed by atoms with E-state index in [-0.39, 0.29) is 0 Å². The maximum absolute atomic E-state index is 11.4. The lowest BCUT2D eigenvalue weighted by atomic mass is 10.2. The molecule has 16 heavy (non-hydrogen) atoms. The summed E-state index contributed by atoms with van der Waals surface area (Å²) < 4.78 is 6.41. The van der Waals surface area contributed by atoms with Crippen LogP contribution in [-0.4, -0.2) is 53.6 Å². The molecule has 1 aromatic rings. The Labute approximate surface area is 95.2 Å². The smallest absolute Gasteiger partial charge is 0.360 e. The van der Waals surface area contributed by atoms with Gasteiger partial charge in [-0.15, -0.1) is 5.10 Å². The van der Waals surface area contributed by atoms with E-state index in [1.165, 1.54) is 7.11 Å². The SMILES string of the molecule is CCc1c(C(=O)OC)nnn1CCN(C)C. The predicted octanol–water partition coefficient (Wildman–Crippen LogP) is 0.189. The molecule has 0 unspecified atom stereocenters. The number of aromatic nitrogens is 3. The van der Waals surface area contributed by atoms with E-state index in [1.54, 1.807) is 4.68 Å². The third kappa shape index (κ3) is 2.79. The van der Waals surface area contributed by atoms with Gasteiger partial charge in [0.25, 0.3) is 0 Å². The number of carbonyl (C=O) groups excluding carboxylic acids is 1. The minimum Gasteiger partial charge on any atom is -0.464 e. The van der Waals surface area contributed by atoms with Gasteiger partial charge in [0.05, 0.1) is 19.3 Å². The topological polar surface area (TPSA) is 60.2 Å². The second kappa shape index (κ2) is 5.60. The molecular formula is C10H18N4O2. The Kier molecular flexibility index (Phi) is 4.42. The number of rotatable bonds is 5. The molecule has 0 aliphatic rings. The number of ether oxygens (including phenoxy) is 1. The molecule has 0 atom stereocenters. The maximum atomic E-state index is 11.4. The summed E-state index contributed by atoms with van der Waals surface area (Å²) in [5.41, 5.74) is 1.15. The van der Waals surface area contributed by atoms with Crippen molar-refractivity contribution in [1.29, 1.82) is 0 Å².